The monoisotopic (exact) mass is 286 g/mol. The second-order valence-corrected chi connectivity index (χ2v) is 5.67. The van der Waals surface area contributed by atoms with E-state index in [2.05, 4.69) is 34.0 Å². The molecule has 0 amide bonds. The van der Waals surface area contributed by atoms with Crippen LogP contribution < -0.4 is 5.56 Å². The zero-order chi connectivity index (χ0) is 15.1. The second kappa shape index (κ2) is 4.83. The number of aromatic nitrogens is 6. The van der Waals surface area contributed by atoms with E-state index >= 15 is 0 Å². The van der Waals surface area contributed by atoms with Gasteiger partial charge in [-0.2, -0.15) is 19.7 Å². The van der Waals surface area contributed by atoms with Crippen LogP contribution in [0.25, 0.3) is 17.0 Å². The van der Waals surface area contributed by atoms with Crippen molar-refractivity contribution in [1.82, 2.24) is 29.4 Å². The Morgan fingerprint density at radius 1 is 1.19 bits per heavy atom. The van der Waals surface area contributed by atoms with Crippen LogP contribution in [-0.4, -0.2) is 29.4 Å². The topological polar surface area (TPSA) is 80.9 Å². The number of aromatic amines is 1. The van der Waals surface area contributed by atoms with Crippen LogP contribution in [0.2, 0.25) is 0 Å². The SMILES string of the molecule is CC(C)c1c(-c2cnn(C(C)C)c2)[nH]c2ncnn2c1=O. The summed E-state index contributed by atoms with van der Waals surface area (Å²) in [5.74, 6) is 0.511. The Bertz CT molecular complexity index is 839. The van der Waals surface area contributed by atoms with Gasteiger partial charge < -0.3 is 4.98 Å². The Morgan fingerprint density at radius 2 is 1.95 bits per heavy atom. The molecular weight excluding hydrogens is 268 g/mol. The lowest BCUT2D eigenvalue weighted by atomic mass is 10.00. The maximum absolute atomic E-state index is 12.6. The first-order valence-electron chi connectivity index (χ1n) is 6.99. The molecule has 0 unspecified atom stereocenters. The van der Waals surface area contributed by atoms with Crippen LogP contribution in [0.1, 0.15) is 45.2 Å². The van der Waals surface area contributed by atoms with Gasteiger partial charge >= 0.3 is 0 Å². The fourth-order valence-electron chi connectivity index (χ4n) is 2.39. The van der Waals surface area contributed by atoms with Gasteiger partial charge in [0.25, 0.3) is 5.56 Å². The molecule has 0 aliphatic carbocycles. The molecule has 0 saturated heterocycles. The highest BCUT2D eigenvalue weighted by molar-refractivity contribution is 5.63. The minimum Gasteiger partial charge on any atom is -0.323 e. The van der Waals surface area contributed by atoms with E-state index in [-0.39, 0.29) is 17.5 Å². The van der Waals surface area contributed by atoms with Crippen molar-refractivity contribution in [3.05, 3.63) is 34.6 Å². The third-order valence-corrected chi connectivity index (χ3v) is 3.47. The van der Waals surface area contributed by atoms with Crippen molar-refractivity contribution in [2.24, 2.45) is 0 Å². The predicted octanol–water partition coefficient (Wildman–Crippen LogP) is 1.99. The molecule has 0 bridgehead atoms. The molecule has 3 aromatic rings. The molecule has 0 aliphatic heterocycles. The average Bonchev–Trinajstić information content (AvgIpc) is 3.06. The lowest BCUT2D eigenvalue weighted by molar-refractivity contribution is 0.532. The highest BCUT2D eigenvalue weighted by atomic mass is 16.1. The fourth-order valence-corrected chi connectivity index (χ4v) is 2.39. The van der Waals surface area contributed by atoms with E-state index in [4.69, 9.17) is 0 Å². The summed E-state index contributed by atoms with van der Waals surface area (Å²) in [4.78, 5) is 19.9. The van der Waals surface area contributed by atoms with Crippen molar-refractivity contribution >= 4 is 5.78 Å². The van der Waals surface area contributed by atoms with Gasteiger partial charge in [-0.25, -0.2) is 0 Å². The second-order valence-electron chi connectivity index (χ2n) is 5.67. The summed E-state index contributed by atoms with van der Waals surface area (Å²) < 4.78 is 3.16. The van der Waals surface area contributed by atoms with Crippen LogP contribution in [0.4, 0.5) is 0 Å². The normalized spacial score (nSPS) is 11.9. The summed E-state index contributed by atoms with van der Waals surface area (Å²) in [7, 11) is 0. The number of rotatable bonds is 3. The molecule has 0 aromatic carbocycles. The van der Waals surface area contributed by atoms with Gasteiger partial charge in [0, 0.05) is 23.4 Å². The van der Waals surface area contributed by atoms with Crippen molar-refractivity contribution in [3.8, 4) is 11.3 Å². The van der Waals surface area contributed by atoms with Gasteiger partial charge in [-0.1, -0.05) is 13.8 Å². The first-order chi connectivity index (χ1) is 9.99. The molecule has 0 saturated carbocycles. The molecule has 7 heteroatoms. The lowest BCUT2D eigenvalue weighted by Crippen LogP contribution is -2.22. The Morgan fingerprint density at radius 3 is 2.57 bits per heavy atom. The first kappa shape index (κ1) is 13.5. The number of hydrogen-bond donors (Lipinski definition) is 1. The van der Waals surface area contributed by atoms with Crippen molar-refractivity contribution in [1.29, 1.82) is 0 Å². The van der Waals surface area contributed by atoms with E-state index < -0.39 is 0 Å². The smallest absolute Gasteiger partial charge is 0.279 e. The maximum atomic E-state index is 12.6. The molecule has 0 radical (unpaired) electrons. The predicted molar refractivity (Wildman–Crippen MR) is 79.3 cm³/mol. The summed E-state index contributed by atoms with van der Waals surface area (Å²) in [6.45, 7) is 8.10. The molecular formula is C14H18N6O. The van der Waals surface area contributed by atoms with E-state index in [1.54, 1.807) is 6.20 Å². The van der Waals surface area contributed by atoms with Gasteiger partial charge in [0.1, 0.15) is 6.33 Å². The van der Waals surface area contributed by atoms with Gasteiger partial charge in [0.2, 0.25) is 5.78 Å². The van der Waals surface area contributed by atoms with Gasteiger partial charge in [-0.3, -0.25) is 9.48 Å². The molecule has 110 valence electrons. The minimum absolute atomic E-state index is 0.0692. The highest BCUT2D eigenvalue weighted by Crippen LogP contribution is 2.25. The largest absolute Gasteiger partial charge is 0.323 e. The number of H-pyrrole nitrogens is 1. The summed E-state index contributed by atoms with van der Waals surface area (Å²) in [6.07, 6.45) is 5.08. The molecule has 7 nitrogen and oxygen atoms in total. The van der Waals surface area contributed by atoms with Crippen molar-refractivity contribution in [2.45, 2.75) is 39.7 Å². The van der Waals surface area contributed by atoms with E-state index in [0.29, 0.717) is 11.3 Å². The first-order valence-corrected chi connectivity index (χ1v) is 6.99. The number of nitrogens with zero attached hydrogens (tertiary/aromatic N) is 5. The third kappa shape index (κ3) is 2.14. The molecule has 1 N–H and O–H groups in total. The number of hydrogen-bond acceptors (Lipinski definition) is 4. The summed E-state index contributed by atoms with van der Waals surface area (Å²) in [5, 5.41) is 8.31. The van der Waals surface area contributed by atoms with E-state index in [9.17, 15) is 4.79 Å². The standard InChI is InChI=1S/C14H18N6O/c1-8(2)11-12(10-5-16-19(6-10)9(3)4)18-14-15-7-17-20(14)13(11)21/h5-9H,1-4H3,(H,15,17,18). The number of nitrogens with one attached hydrogen (secondary N) is 1. The molecule has 21 heavy (non-hydrogen) atoms. The summed E-state index contributed by atoms with van der Waals surface area (Å²) >= 11 is 0. The average molecular weight is 286 g/mol. The molecule has 0 aliphatic rings. The van der Waals surface area contributed by atoms with Gasteiger partial charge in [0.15, 0.2) is 0 Å². The molecule has 0 spiro atoms. The van der Waals surface area contributed by atoms with Crippen LogP contribution in [0.15, 0.2) is 23.5 Å². The van der Waals surface area contributed by atoms with Gasteiger partial charge in [-0.15, -0.1) is 0 Å². The van der Waals surface area contributed by atoms with E-state index in [1.165, 1.54) is 10.8 Å². The maximum Gasteiger partial charge on any atom is 0.279 e. The van der Waals surface area contributed by atoms with Gasteiger partial charge in [-0.05, 0) is 19.8 Å². The zero-order valence-electron chi connectivity index (χ0n) is 12.5. The summed E-state index contributed by atoms with van der Waals surface area (Å²) in [6, 6.07) is 0.268. The quantitative estimate of drug-likeness (QED) is 0.798. The molecule has 0 atom stereocenters. The van der Waals surface area contributed by atoms with Crippen LogP contribution in [0, 0.1) is 0 Å². The Kier molecular flexibility index (Phi) is 3.12. The zero-order valence-corrected chi connectivity index (χ0v) is 12.5. The molecule has 3 heterocycles. The Balaban J connectivity index is 2.29. The minimum atomic E-state index is -0.136. The van der Waals surface area contributed by atoms with Crippen LogP contribution in [-0.2, 0) is 0 Å². The third-order valence-electron chi connectivity index (χ3n) is 3.47. The van der Waals surface area contributed by atoms with E-state index in [0.717, 1.165) is 11.3 Å². The fraction of sp³-hybridized carbons (Fsp3) is 0.429. The lowest BCUT2D eigenvalue weighted by Gasteiger charge is -2.11. The van der Waals surface area contributed by atoms with Gasteiger partial charge in [0.05, 0.1) is 11.9 Å². The highest BCUT2D eigenvalue weighted by Gasteiger charge is 2.18. The Labute approximate surface area is 121 Å². The van der Waals surface area contributed by atoms with E-state index in [1.807, 2.05) is 24.7 Å². The van der Waals surface area contributed by atoms with Crippen LogP contribution in [0.3, 0.4) is 0 Å². The van der Waals surface area contributed by atoms with Crippen molar-refractivity contribution in [2.75, 3.05) is 0 Å². The Hall–Kier alpha value is -2.44. The molecule has 0 fully saturated rings. The van der Waals surface area contributed by atoms with Crippen molar-refractivity contribution < 1.29 is 0 Å². The number of fused-ring (bicyclic) bond motifs is 1. The molecule has 3 rings (SSSR count). The van der Waals surface area contributed by atoms with Crippen LogP contribution in [0.5, 0.6) is 0 Å². The van der Waals surface area contributed by atoms with Crippen LogP contribution >= 0.6 is 0 Å². The molecule has 3 aromatic heterocycles. The van der Waals surface area contributed by atoms with Crippen molar-refractivity contribution in [3.63, 3.8) is 0 Å². The summed E-state index contributed by atoms with van der Waals surface area (Å²) in [5.41, 5.74) is 2.21.